The molecule has 1 fully saturated rings. The highest BCUT2D eigenvalue weighted by molar-refractivity contribution is 6.02. The number of carbonyl (C=O) groups is 2. The summed E-state index contributed by atoms with van der Waals surface area (Å²) in [5.74, 6) is -0.688. The number of pyridine rings is 1. The summed E-state index contributed by atoms with van der Waals surface area (Å²) in [6.45, 7) is 6.16. The summed E-state index contributed by atoms with van der Waals surface area (Å²) in [5.41, 5.74) is 2.19. The molecule has 10 nitrogen and oxygen atoms in total. The number of esters is 1. The molecule has 41 heavy (non-hydrogen) atoms. The first-order valence-electron chi connectivity index (χ1n) is 14.1. The number of nitrogens with zero attached hydrogens (tertiary/aromatic N) is 4. The van der Waals surface area contributed by atoms with Gasteiger partial charge in [-0.1, -0.05) is 50.6 Å². The van der Waals surface area contributed by atoms with Crippen LogP contribution in [0.4, 0.5) is 5.82 Å². The predicted molar refractivity (Wildman–Crippen MR) is 157 cm³/mol. The second-order valence-corrected chi connectivity index (χ2v) is 10.3. The van der Waals surface area contributed by atoms with Gasteiger partial charge in [-0.15, -0.1) is 0 Å². The number of aromatic nitrogens is 3. The number of hydrogen-bond acceptors (Lipinski definition) is 7. The fourth-order valence-corrected chi connectivity index (χ4v) is 4.76. The van der Waals surface area contributed by atoms with Crippen LogP contribution in [-0.2, 0) is 22.5 Å². The van der Waals surface area contributed by atoms with E-state index in [4.69, 9.17) is 9.73 Å². The smallest absolute Gasteiger partial charge is 0.332 e. The first-order chi connectivity index (χ1) is 19.8. The molecule has 1 saturated carbocycles. The summed E-state index contributed by atoms with van der Waals surface area (Å²) in [6, 6.07) is 11.8. The molecule has 1 aliphatic carbocycles. The monoisotopic (exact) mass is 559 g/mol. The first-order valence-corrected chi connectivity index (χ1v) is 14.1. The van der Waals surface area contributed by atoms with Crippen LogP contribution in [-0.4, -0.2) is 44.9 Å². The van der Waals surface area contributed by atoms with Crippen molar-refractivity contribution in [2.45, 2.75) is 77.9 Å². The van der Waals surface area contributed by atoms with Crippen molar-refractivity contribution in [1.82, 2.24) is 19.4 Å². The largest absolute Gasteiger partial charge is 0.467 e. The SMILES string of the molecule is CCC/C(=N\c1c(C)c(=O)n(C2CC2)c(=O)n1CCC)c1ccc(C(=O)N[C@H](Cc2ccccc2)C(=O)OC)nc1. The van der Waals surface area contributed by atoms with Crippen molar-refractivity contribution in [3.63, 3.8) is 0 Å². The molecular formula is C31H37N5O5. The van der Waals surface area contributed by atoms with Crippen molar-refractivity contribution in [2.75, 3.05) is 7.11 Å². The zero-order valence-corrected chi connectivity index (χ0v) is 24.1. The Morgan fingerprint density at radius 1 is 1.10 bits per heavy atom. The van der Waals surface area contributed by atoms with Gasteiger partial charge in [0, 0.05) is 30.8 Å². The molecule has 1 aromatic carbocycles. The van der Waals surface area contributed by atoms with Crippen LogP contribution in [0.1, 0.15) is 79.2 Å². The Balaban J connectivity index is 1.63. The molecule has 0 aliphatic heterocycles. The van der Waals surface area contributed by atoms with E-state index in [1.165, 1.54) is 11.7 Å². The average molecular weight is 560 g/mol. The fraction of sp³-hybridized carbons (Fsp3) is 0.419. The zero-order chi connectivity index (χ0) is 29.5. The summed E-state index contributed by atoms with van der Waals surface area (Å²) < 4.78 is 7.86. The van der Waals surface area contributed by atoms with E-state index in [9.17, 15) is 19.2 Å². The number of methoxy groups -OCH3 is 1. The van der Waals surface area contributed by atoms with Crippen LogP contribution in [0, 0.1) is 6.92 Å². The van der Waals surface area contributed by atoms with Gasteiger partial charge in [0.1, 0.15) is 17.6 Å². The van der Waals surface area contributed by atoms with Gasteiger partial charge in [0.2, 0.25) is 0 Å². The Labute approximate surface area is 239 Å². The number of nitrogens with one attached hydrogen (secondary N) is 1. The number of ether oxygens (including phenoxy) is 1. The van der Waals surface area contributed by atoms with Gasteiger partial charge < -0.3 is 10.1 Å². The van der Waals surface area contributed by atoms with Crippen LogP contribution in [0.5, 0.6) is 0 Å². The van der Waals surface area contributed by atoms with E-state index < -0.39 is 17.9 Å². The van der Waals surface area contributed by atoms with E-state index in [-0.39, 0.29) is 29.4 Å². The van der Waals surface area contributed by atoms with Gasteiger partial charge in [-0.3, -0.25) is 23.7 Å². The van der Waals surface area contributed by atoms with Crippen molar-refractivity contribution < 1.29 is 14.3 Å². The summed E-state index contributed by atoms with van der Waals surface area (Å²) in [6.07, 6.45) is 5.58. The molecule has 2 aromatic heterocycles. The Bertz CT molecular complexity index is 1540. The third-order valence-corrected chi connectivity index (χ3v) is 7.06. The van der Waals surface area contributed by atoms with E-state index in [2.05, 4.69) is 10.3 Å². The highest BCUT2D eigenvalue weighted by atomic mass is 16.5. The van der Waals surface area contributed by atoms with Gasteiger partial charge in [-0.05, 0) is 50.3 Å². The number of benzene rings is 1. The first kappa shape index (κ1) is 29.6. The van der Waals surface area contributed by atoms with E-state index in [0.717, 1.165) is 31.2 Å². The third-order valence-electron chi connectivity index (χ3n) is 7.06. The van der Waals surface area contributed by atoms with Gasteiger partial charge in [-0.2, -0.15) is 0 Å². The lowest BCUT2D eigenvalue weighted by Crippen LogP contribution is -2.43. The maximum atomic E-state index is 13.3. The molecule has 1 amide bonds. The van der Waals surface area contributed by atoms with Crippen molar-refractivity contribution >= 4 is 23.4 Å². The molecule has 2 heterocycles. The molecule has 0 spiro atoms. The number of aliphatic imine (C=N–C) groups is 1. The van der Waals surface area contributed by atoms with Gasteiger partial charge in [0.05, 0.1) is 18.4 Å². The Hall–Kier alpha value is -4.34. The van der Waals surface area contributed by atoms with E-state index in [1.807, 2.05) is 44.2 Å². The Kier molecular flexibility index (Phi) is 9.65. The Morgan fingerprint density at radius 3 is 2.41 bits per heavy atom. The summed E-state index contributed by atoms with van der Waals surface area (Å²) in [7, 11) is 1.28. The van der Waals surface area contributed by atoms with Crippen LogP contribution in [0.15, 0.2) is 63.2 Å². The molecule has 3 aromatic rings. The highest BCUT2D eigenvalue weighted by Gasteiger charge is 2.30. The minimum absolute atomic E-state index is 0.0284. The normalized spacial score (nSPS) is 14.0. The predicted octanol–water partition coefficient (Wildman–Crippen LogP) is 3.89. The molecule has 1 atom stereocenters. The van der Waals surface area contributed by atoms with Crippen molar-refractivity contribution in [3.8, 4) is 0 Å². The highest BCUT2D eigenvalue weighted by Crippen LogP contribution is 2.33. The van der Waals surface area contributed by atoms with Crippen molar-refractivity contribution in [3.05, 3.63) is 91.9 Å². The maximum absolute atomic E-state index is 13.3. The minimum Gasteiger partial charge on any atom is -0.467 e. The lowest BCUT2D eigenvalue weighted by atomic mass is 10.1. The van der Waals surface area contributed by atoms with E-state index in [0.29, 0.717) is 35.6 Å². The summed E-state index contributed by atoms with van der Waals surface area (Å²) >= 11 is 0. The number of hydrogen-bond donors (Lipinski definition) is 1. The molecule has 0 bridgehead atoms. The number of rotatable bonds is 12. The average Bonchev–Trinajstić information content (AvgIpc) is 3.82. The Morgan fingerprint density at radius 2 is 1.83 bits per heavy atom. The molecule has 216 valence electrons. The minimum atomic E-state index is -0.871. The maximum Gasteiger partial charge on any atom is 0.332 e. The van der Waals surface area contributed by atoms with Gasteiger partial charge in [-0.25, -0.2) is 14.6 Å². The third kappa shape index (κ3) is 6.87. The molecule has 0 saturated heterocycles. The van der Waals surface area contributed by atoms with Crippen molar-refractivity contribution in [1.29, 1.82) is 0 Å². The second-order valence-electron chi connectivity index (χ2n) is 10.3. The summed E-state index contributed by atoms with van der Waals surface area (Å²) in [4.78, 5) is 60.9. The van der Waals surface area contributed by atoms with E-state index >= 15 is 0 Å². The lowest BCUT2D eigenvalue weighted by molar-refractivity contribution is -0.142. The molecule has 4 rings (SSSR count). The van der Waals surface area contributed by atoms with Crippen LogP contribution in [0.25, 0.3) is 0 Å². The lowest BCUT2D eigenvalue weighted by Gasteiger charge is -2.17. The molecular weight excluding hydrogens is 522 g/mol. The van der Waals surface area contributed by atoms with Crippen LogP contribution >= 0.6 is 0 Å². The standard InChI is InChI=1S/C31H37N5O5/c1-5-10-24(33-27-20(3)29(38)36(23-14-15-23)31(40)35(27)17-6-2)22-13-16-25(32-19-22)28(37)34-26(30(39)41-4)18-21-11-8-7-9-12-21/h7-9,11-13,16,19,23,26H,5-6,10,14-15,17-18H2,1-4H3,(H,34,37)/b33-24+/t26-/m1/s1. The molecule has 0 unspecified atom stereocenters. The van der Waals surface area contributed by atoms with Gasteiger partial charge in [0.25, 0.3) is 11.5 Å². The van der Waals surface area contributed by atoms with Crippen molar-refractivity contribution in [2.24, 2.45) is 4.99 Å². The van der Waals surface area contributed by atoms with Crippen LogP contribution in [0.2, 0.25) is 0 Å². The quantitative estimate of drug-likeness (QED) is 0.265. The topological polar surface area (TPSA) is 125 Å². The number of carbonyl (C=O) groups excluding carboxylic acids is 2. The van der Waals surface area contributed by atoms with Gasteiger partial charge in [0.15, 0.2) is 0 Å². The molecule has 1 aliphatic rings. The second kappa shape index (κ2) is 13.3. The van der Waals surface area contributed by atoms with E-state index in [1.54, 1.807) is 29.8 Å². The zero-order valence-electron chi connectivity index (χ0n) is 24.1. The fourth-order valence-electron chi connectivity index (χ4n) is 4.76. The molecule has 0 radical (unpaired) electrons. The molecule has 1 N–H and O–H groups in total. The summed E-state index contributed by atoms with van der Waals surface area (Å²) in [5, 5.41) is 2.73. The van der Waals surface area contributed by atoms with Gasteiger partial charge >= 0.3 is 11.7 Å². The van der Waals surface area contributed by atoms with Crippen LogP contribution < -0.4 is 16.6 Å². The van der Waals surface area contributed by atoms with Crippen LogP contribution in [0.3, 0.4) is 0 Å². The molecule has 10 heteroatoms. The number of amides is 1.